The van der Waals surface area contributed by atoms with Gasteiger partial charge in [0, 0.05) is 18.7 Å². The minimum Gasteiger partial charge on any atom is -0.492 e. The molecule has 0 radical (unpaired) electrons. The lowest BCUT2D eigenvalue weighted by Crippen LogP contribution is -2.37. The van der Waals surface area contributed by atoms with Gasteiger partial charge in [-0.2, -0.15) is 0 Å². The summed E-state index contributed by atoms with van der Waals surface area (Å²) in [5, 5.41) is 5.77. The van der Waals surface area contributed by atoms with Crippen molar-refractivity contribution in [2.75, 3.05) is 11.9 Å². The van der Waals surface area contributed by atoms with Crippen LogP contribution in [0.2, 0.25) is 0 Å². The first-order chi connectivity index (χ1) is 13.5. The normalized spacial score (nSPS) is 15.3. The zero-order chi connectivity index (χ0) is 19.9. The fourth-order valence-electron chi connectivity index (χ4n) is 3.14. The zero-order valence-corrected chi connectivity index (χ0v) is 16.0. The number of hydrogen-bond donors (Lipinski definition) is 2. The molecule has 1 aliphatic heterocycles. The van der Waals surface area contributed by atoms with E-state index in [0.717, 1.165) is 35.4 Å². The van der Waals surface area contributed by atoms with Gasteiger partial charge in [-0.05, 0) is 54.3 Å². The summed E-state index contributed by atoms with van der Waals surface area (Å²) in [5.74, 6) is 0.0255. The molecule has 28 heavy (non-hydrogen) atoms. The number of carbonyl (C=O) groups is 2. The number of halogens is 1. The molecule has 5 nitrogen and oxygen atoms in total. The van der Waals surface area contributed by atoms with E-state index in [0.29, 0.717) is 26.0 Å². The van der Waals surface area contributed by atoms with Crippen LogP contribution < -0.4 is 15.4 Å². The van der Waals surface area contributed by atoms with Gasteiger partial charge >= 0.3 is 0 Å². The maximum Gasteiger partial charge on any atom is 0.227 e. The van der Waals surface area contributed by atoms with Crippen LogP contribution in [0.15, 0.2) is 42.5 Å². The molecule has 2 aromatic carbocycles. The largest absolute Gasteiger partial charge is 0.492 e. The Kier molecular flexibility index (Phi) is 6.63. The molecule has 0 bridgehead atoms. The lowest BCUT2D eigenvalue weighted by Gasteiger charge is -2.25. The highest BCUT2D eigenvalue weighted by molar-refractivity contribution is 5.91. The summed E-state index contributed by atoms with van der Waals surface area (Å²) in [7, 11) is 0. The number of hydrogen-bond acceptors (Lipinski definition) is 3. The summed E-state index contributed by atoms with van der Waals surface area (Å²) in [6.07, 6.45) is 2.87. The van der Waals surface area contributed by atoms with Crippen LogP contribution in [0.1, 0.15) is 37.3 Å². The number of anilines is 1. The van der Waals surface area contributed by atoms with Crippen molar-refractivity contribution in [3.8, 4) is 5.75 Å². The average molecular weight is 384 g/mol. The van der Waals surface area contributed by atoms with Gasteiger partial charge < -0.3 is 15.4 Å². The van der Waals surface area contributed by atoms with E-state index in [1.807, 2.05) is 25.1 Å². The van der Waals surface area contributed by atoms with Gasteiger partial charge in [0.1, 0.15) is 18.2 Å². The van der Waals surface area contributed by atoms with Gasteiger partial charge in [-0.25, -0.2) is 4.39 Å². The van der Waals surface area contributed by atoms with E-state index in [4.69, 9.17) is 4.74 Å². The summed E-state index contributed by atoms with van der Waals surface area (Å²) in [6, 6.07) is 11.6. The maximum absolute atomic E-state index is 13.0. The molecule has 3 rings (SSSR count). The van der Waals surface area contributed by atoms with E-state index in [1.54, 1.807) is 12.1 Å². The van der Waals surface area contributed by atoms with Gasteiger partial charge in [-0.1, -0.05) is 25.5 Å². The highest BCUT2D eigenvalue weighted by Gasteiger charge is 2.26. The van der Waals surface area contributed by atoms with Crippen molar-refractivity contribution in [1.82, 2.24) is 5.32 Å². The Labute approximate surface area is 164 Å². The van der Waals surface area contributed by atoms with Gasteiger partial charge in [0.05, 0.1) is 5.92 Å². The molecule has 0 aliphatic carbocycles. The van der Waals surface area contributed by atoms with Crippen molar-refractivity contribution in [1.29, 1.82) is 0 Å². The Bertz CT molecular complexity index is 836. The van der Waals surface area contributed by atoms with E-state index in [1.165, 1.54) is 12.1 Å². The SMILES string of the molecule is CCCCC(=O)Nc1ccc2c(c1)C[C@H](C(=O)NCc1ccc(F)cc1)CO2. The van der Waals surface area contributed by atoms with Crippen molar-refractivity contribution >= 4 is 17.5 Å². The van der Waals surface area contributed by atoms with Crippen LogP contribution in [0.4, 0.5) is 10.1 Å². The van der Waals surface area contributed by atoms with Crippen LogP contribution in [-0.4, -0.2) is 18.4 Å². The summed E-state index contributed by atoms with van der Waals surface area (Å²) in [4.78, 5) is 24.4. The lowest BCUT2D eigenvalue weighted by atomic mass is 9.95. The topological polar surface area (TPSA) is 67.4 Å². The monoisotopic (exact) mass is 384 g/mol. The lowest BCUT2D eigenvalue weighted by molar-refractivity contribution is -0.126. The highest BCUT2D eigenvalue weighted by Crippen LogP contribution is 2.30. The molecule has 0 aromatic heterocycles. The standard InChI is InChI=1S/C22H25FN2O3/c1-2-3-4-21(26)25-19-9-10-20-16(12-19)11-17(14-28-20)22(27)24-13-15-5-7-18(23)8-6-15/h5-10,12,17H,2-4,11,13-14H2,1H3,(H,24,27)(H,25,26)/t17-/m0/s1. The van der Waals surface area contributed by atoms with Crippen LogP contribution in [0, 0.1) is 11.7 Å². The third-order valence-electron chi connectivity index (χ3n) is 4.76. The number of benzene rings is 2. The molecule has 0 unspecified atom stereocenters. The summed E-state index contributed by atoms with van der Waals surface area (Å²) in [6.45, 7) is 2.70. The third-order valence-corrected chi connectivity index (χ3v) is 4.76. The first-order valence-corrected chi connectivity index (χ1v) is 9.63. The molecule has 1 atom stereocenters. The Morgan fingerprint density at radius 2 is 1.96 bits per heavy atom. The minimum atomic E-state index is -0.306. The Balaban J connectivity index is 1.57. The van der Waals surface area contributed by atoms with Gasteiger partial charge in [0.25, 0.3) is 0 Å². The van der Waals surface area contributed by atoms with Crippen LogP contribution in [-0.2, 0) is 22.6 Å². The molecule has 6 heteroatoms. The fourth-order valence-corrected chi connectivity index (χ4v) is 3.14. The molecule has 1 aliphatic rings. The van der Waals surface area contributed by atoms with E-state index in [9.17, 15) is 14.0 Å². The summed E-state index contributed by atoms with van der Waals surface area (Å²) < 4.78 is 18.7. The van der Waals surface area contributed by atoms with Crippen molar-refractivity contribution in [2.24, 2.45) is 5.92 Å². The predicted molar refractivity (Wildman–Crippen MR) is 106 cm³/mol. The first kappa shape index (κ1) is 19.9. The van der Waals surface area contributed by atoms with Crippen molar-refractivity contribution in [3.05, 3.63) is 59.4 Å². The van der Waals surface area contributed by atoms with Crippen molar-refractivity contribution in [2.45, 2.75) is 39.2 Å². The molecular weight excluding hydrogens is 359 g/mol. The van der Waals surface area contributed by atoms with Gasteiger partial charge in [0.15, 0.2) is 0 Å². The number of nitrogens with one attached hydrogen (secondary N) is 2. The summed E-state index contributed by atoms with van der Waals surface area (Å²) >= 11 is 0. The van der Waals surface area contributed by atoms with E-state index in [2.05, 4.69) is 10.6 Å². The van der Waals surface area contributed by atoms with E-state index in [-0.39, 0.29) is 23.5 Å². The first-order valence-electron chi connectivity index (χ1n) is 9.63. The van der Waals surface area contributed by atoms with Gasteiger partial charge in [0.2, 0.25) is 11.8 Å². The molecule has 2 aromatic rings. The minimum absolute atomic E-state index is 0.00730. The number of amides is 2. The maximum atomic E-state index is 13.0. The van der Waals surface area contributed by atoms with E-state index < -0.39 is 0 Å². The Hall–Kier alpha value is -2.89. The van der Waals surface area contributed by atoms with Gasteiger partial charge in [-0.3, -0.25) is 9.59 Å². The third kappa shape index (κ3) is 5.31. The predicted octanol–water partition coefficient (Wildman–Crippen LogP) is 3.82. The molecule has 2 amide bonds. The summed E-state index contributed by atoms with van der Waals surface area (Å²) in [5.41, 5.74) is 2.46. The molecule has 0 saturated heterocycles. The molecule has 148 valence electrons. The Morgan fingerprint density at radius 3 is 2.71 bits per heavy atom. The quantitative estimate of drug-likeness (QED) is 0.763. The number of fused-ring (bicyclic) bond motifs is 1. The number of carbonyl (C=O) groups excluding carboxylic acids is 2. The van der Waals surface area contributed by atoms with Crippen molar-refractivity contribution in [3.63, 3.8) is 0 Å². The smallest absolute Gasteiger partial charge is 0.227 e. The zero-order valence-electron chi connectivity index (χ0n) is 16.0. The molecule has 0 saturated carbocycles. The van der Waals surface area contributed by atoms with Crippen molar-refractivity contribution < 1.29 is 18.7 Å². The highest BCUT2D eigenvalue weighted by atomic mass is 19.1. The van der Waals surface area contributed by atoms with E-state index >= 15 is 0 Å². The van der Waals surface area contributed by atoms with Crippen LogP contribution in [0.25, 0.3) is 0 Å². The van der Waals surface area contributed by atoms with Gasteiger partial charge in [-0.15, -0.1) is 0 Å². The molecular formula is C22H25FN2O3. The van der Waals surface area contributed by atoms with Crippen LogP contribution in [0.3, 0.4) is 0 Å². The average Bonchev–Trinajstić information content (AvgIpc) is 2.71. The number of rotatable bonds is 7. The molecule has 2 N–H and O–H groups in total. The molecule has 0 fully saturated rings. The van der Waals surface area contributed by atoms with Crippen LogP contribution in [0.5, 0.6) is 5.75 Å². The van der Waals surface area contributed by atoms with Crippen LogP contribution >= 0.6 is 0 Å². The Morgan fingerprint density at radius 1 is 1.18 bits per heavy atom. The second kappa shape index (κ2) is 9.35. The second-order valence-corrected chi connectivity index (χ2v) is 7.03. The molecule has 0 spiro atoms. The fraction of sp³-hybridized carbons (Fsp3) is 0.364. The number of unbranched alkanes of at least 4 members (excludes halogenated alkanes) is 1. The number of ether oxygens (including phenoxy) is 1. The second-order valence-electron chi connectivity index (χ2n) is 7.03. The molecule has 1 heterocycles.